The molecule has 1 aromatic heterocycles. The third kappa shape index (κ3) is 7.44. The average molecular weight is 682 g/mol. The lowest BCUT2D eigenvalue weighted by Crippen LogP contribution is -2.49. The minimum Gasteiger partial charge on any atom is -0.376 e. The van der Waals surface area contributed by atoms with Gasteiger partial charge in [0, 0.05) is 61.6 Å². The second-order valence-electron chi connectivity index (χ2n) is 12.6. The van der Waals surface area contributed by atoms with E-state index in [-0.39, 0.29) is 17.5 Å². The first kappa shape index (κ1) is 33.1. The second-order valence-corrected chi connectivity index (χ2v) is 13.7. The van der Waals surface area contributed by atoms with Crippen LogP contribution in [0.15, 0.2) is 130 Å². The number of carbonyl (C=O) groups is 1. The van der Waals surface area contributed by atoms with Gasteiger partial charge in [-0.15, -0.1) is 11.8 Å². The number of aromatic nitrogens is 2. The summed E-state index contributed by atoms with van der Waals surface area (Å²) >= 11 is 1.45. The Kier molecular flexibility index (Phi) is 10.2. The molecule has 2 fully saturated rings. The summed E-state index contributed by atoms with van der Waals surface area (Å²) in [7, 11) is 0. The highest BCUT2D eigenvalue weighted by atomic mass is 32.2. The number of rotatable bonds is 9. The van der Waals surface area contributed by atoms with Crippen LogP contribution in [0.1, 0.15) is 28.8 Å². The predicted molar refractivity (Wildman–Crippen MR) is 200 cm³/mol. The molecular weight excluding hydrogens is 643 g/mol. The monoisotopic (exact) mass is 681 g/mol. The van der Waals surface area contributed by atoms with Crippen LogP contribution in [0.2, 0.25) is 0 Å². The van der Waals surface area contributed by atoms with Crippen LogP contribution in [0.3, 0.4) is 0 Å². The van der Waals surface area contributed by atoms with Crippen LogP contribution in [0.5, 0.6) is 0 Å². The Labute approximate surface area is 297 Å². The predicted octanol–water partition coefficient (Wildman–Crippen LogP) is 6.97. The first-order chi connectivity index (χ1) is 24.6. The molecule has 3 heterocycles. The number of piperidine rings is 1. The average Bonchev–Trinajstić information content (AvgIpc) is 3.17. The maximum Gasteiger partial charge on any atom is 0.296 e. The molecule has 0 spiro atoms. The van der Waals surface area contributed by atoms with Crippen molar-refractivity contribution in [2.75, 3.05) is 49.5 Å². The summed E-state index contributed by atoms with van der Waals surface area (Å²) in [6, 6.07) is 35.3. The maximum absolute atomic E-state index is 14.1. The van der Waals surface area contributed by atoms with Gasteiger partial charge >= 0.3 is 0 Å². The van der Waals surface area contributed by atoms with E-state index in [0.717, 1.165) is 53.6 Å². The molecule has 2 saturated heterocycles. The van der Waals surface area contributed by atoms with Gasteiger partial charge in [-0.3, -0.25) is 14.5 Å². The van der Waals surface area contributed by atoms with Gasteiger partial charge in [0.2, 0.25) is 5.69 Å². The van der Waals surface area contributed by atoms with E-state index >= 15 is 0 Å². The van der Waals surface area contributed by atoms with Crippen molar-refractivity contribution in [1.82, 2.24) is 19.6 Å². The molecule has 7 rings (SSSR count). The molecule has 5 aromatic rings. The summed E-state index contributed by atoms with van der Waals surface area (Å²) in [5, 5.41) is 8.28. The molecule has 1 amide bonds. The molecule has 2 aliphatic heterocycles. The number of nitrogens with zero attached hydrogens (tertiary/aromatic N) is 6. The molecule has 50 heavy (non-hydrogen) atoms. The Morgan fingerprint density at radius 2 is 1.44 bits per heavy atom. The van der Waals surface area contributed by atoms with Gasteiger partial charge in [0.25, 0.3) is 11.5 Å². The standard InChI is InChI=1S/C40H39N7O2S/c1-41-34-17-9-11-19-37(34)50-36-18-10-8-16-33(36)39(48)46-26-24-45(25-27-46)35-28-42-47(32-14-6-3-7-15-32)40(49)38(35)43-31-20-22-44(23-21-31)29-30-12-4-2-5-13-30/h2-19,28,31,43H,20-27,29H2. The fourth-order valence-corrected chi connectivity index (χ4v) is 7.68. The summed E-state index contributed by atoms with van der Waals surface area (Å²) in [6.45, 7) is 12.5. The Bertz CT molecular complexity index is 2030. The molecule has 0 unspecified atom stereocenters. The molecule has 0 radical (unpaired) electrons. The van der Waals surface area contributed by atoms with Gasteiger partial charge in [0.05, 0.1) is 29.7 Å². The molecule has 10 heteroatoms. The number of nitrogens with one attached hydrogen (secondary N) is 1. The lowest BCUT2D eigenvalue weighted by atomic mass is 10.0. The van der Waals surface area contributed by atoms with E-state index in [2.05, 4.69) is 49.3 Å². The van der Waals surface area contributed by atoms with Crippen molar-refractivity contribution in [2.24, 2.45) is 0 Å². The van der Waals surface area contributed by atoms with Crippen molar-refractivity contribution in [2.45, 2.75) is 35.2 Å². The van der Waals surface area contributed by atoms with Crippen LogP contribution in [-0.2, 0) is 6.54 Å². The van der Waals surface area contributed by atoms with Crippen LogP contribution in [0, 0.1) is 6.57 Å². The molecular formula is C40H39N7O2S. The minimum atomic E-state index is -0.176. The highest BCUT2D eigenvalue weighted by Crippen LogP contribution is 2.37. The Balaban J connectivity index is 1.07. The SMILES string of the molecule is [C-]#[N+]c1ccccc1Sc1ccccc1C(=O)N1CCN(c2cnn(-c3ccccc3)c(=O)c2NC2CCN(Cc3ccccc3)CC2)CC1. The largest absolute Gasteiger partial charge is 0.376 e. The Hall–Kier alpha value is -5.37. The summed E-state index contributed by atoms with van der Waals surface area (Å²) in [6.07, 6.45) is 3.65. The Morgan fingerprint density at radius 3 is 2.16 bits per heavy atom. The second kappa shape index (κ2) is 15.5. The van der Waals surface area contributed by atoms with Gasteiger partial charge in [0.1, 0.15) is 5.69 Å². The van der Waals surface area contributed by atoms with Crippen LogP contribution in [0.4, 0.5) is 17.1 Å². The molecule has 4 aromatic carbocycles. The van der Waals surface area contributed by atoms with Gasteiger partial charge in [-0.05, 0) is 42.7 Å². The molecule has 9 nitrogen and oxygen atoms in total. The van der Waals surface area contributed by atoms with Crippen molar-refractivity contribution in [3.63, 3.8) is 0 Å². The van der Waals surface area contributed by atoms with Crippen molar-refractivity contribution >= 4 is 34.7 Å². The zero-order valence-corrected chi connectivity index (χ0v) is 28.6. The number of hydrogen-bond acceptors (Lipinski definition) is 7. The van der Waals surface area contributed by atoms with E-state index in [1.807, 2.05) is 83.8 Å². The molecule has 0 bridgehead atoms. The number of anilines is 2. The number of amides is 1. The van der Waals surface area contributed by atoms with Gasteiger partial charge in [0.15, 0.2) is 0 Å². The first-order valence-electron chi connectivity index (χ1n) is 17.1. The van der Waals surface area contributed by atoms with Crippen molar-refractivity contribution in [3.05, 3.63) is 148 Å². The Morgan fingerprint density at radius 1 is 0.800 bits per heavy atom. The zero-order chi connectivity index (χ0) is 34.3. The summed E-state index contributed by atoms with van der Waals surface area (Å²) in [5.74, 6) is -0.0359. The van der Waals surface area contributed by atoms with Crippen LogP contribution >= 0.6 is 11.8 Å². The van der Waals surface area contributed by atoms with Crippen LogP contribution in [-0.4, -0.2) is 70.8 Å². The third-order valence-corrected chi connectivity index (χ3v) is 10.5. The molecule has 0 saturated carbocycles. The van der Waals surface area contributed by atoms with Gasteiger partial charge < -0.3 is 15.1 Å². The number of hydrogen-bond donors (Lipinski definition) is 1. The van der Waals surface area contributed by atoms with E-state index in [9.17, 15) is 9.59 Å². The van der Waals surface area contributed by atoms with Crippen molar-refractivity contribution in [1.29, 1.82) is 0 Å². The summed E-state index contributed by atoms with van der Waals surface area (Å²) < 4.78 is 1.47. The van der Waals surface area contributed by atoms with Crippen LogP contribution < -0.4 is 15.8 Å². The molecule has 0 atom stereocenters. The quantitative estimate of drug-likeness (QED) is 0.168. The van der Waals surface area contributed by atoms with Crippen molar-refractivity contribution < 1.29 is 4.79 Å². The highest BCUT2D eigenvalue weighted by molar-refractivity contribution is 7.99. The van der Waals surface area contributed by atoms with E-state index < -0.39 is 0 Å². The highest BCUT2D eigenvalue weighted by Gasteiger charge is 2.28. The molecule has 1 N–H and O–H groups in total. The zero-order valence-electron chi connectivity index (χ0n) is 27.8. The molecule has 252 valence electrons. The molecule has 0 aliphatic carbocycles. The van der Waals surface area contributed by atoms with Gasteiger partial charge in [-0.25, -0.2) is 4.85 Å². The van der Waals surface area contributed by atoms with E-state index in [1.54, 1.807) is 12.3 Å². The van der Waals surface area contributed by atoms with Gasteiger partial charge in [-0.2, -0.15) is 9.78 Å². The number of para-hydroxylation sites is 2. The third-order valence-electron chi connectivity index (χ3n) is 9.37. The van der Waals surface area contributed by atoms with E-state index in [0.29, 0.717) is 43.1 Å². The first-order valence-corrected chi connectivity index (χ1v) is 17.9. The lowest BCUT2D eigenvalue weighted by molar-refractivity contribution is 0.0743. The van der Waals surface area contributed by atoms with Crippen LogP contribution in [0.25, 0.3) is 10.5 Å². The number of carbonyl (C=O) groups excluding carboxylic acids is 1. The summed E-state index contributed by atoms with van der Waals surface area (Å²) in [5.41, 5.74) is 4.38. The normalized spacial score (nSPS) is 15.4. The van der Waals surface area contributed by atoms with Gasteiger partial charge in [-0.1, -0.05) is 84.9 Å². The minimum absolute atomic E-state index is 0.0359. The fraction of sp³-hybridized carbons (Fsp3) is 0.250. The number of benzene rings is 4. The van der Waals surface area contributed by atoms with E-state index in [1.165, 1.54) is 22.0 Å². The fourth-order valence-electron chi connectivity index (χ4n) is 6.66. The molecule has 2 aliphatic rings. The lowest BCUT2D eigenvalue weighted by Gasteiger charge is -2.38. The summed E-state index contributed by atoms with van der Waals surface area (Å²) in [4.78, 5) is 39.8. The van der Waals surface area contributed by atoms with E-state index in [4.69, 9.17) is 6.57 Å². The topological polar surface area (TPSA) is 78.1 Å². The number of likely N-dealkylation sites (tertiary alicyclic amines) is 1. The number of piperazine rings is 1. The van der Waals surface area contributed by atoms with Crippen molar-refractivity contribution in [3.8, 4) is 5.69 Å². The maximum atomic E-state index is 14.1. The smallest absolute Gasteiger partial charge is 0.296 e.